The van der Waals surface area contributed by atoms with Crippen LogP contribution < -0.4 is 5.32 Å². The molecular weight excluding hydrogens is 200 g/mol. The fourth-order valence-electron chi connectivity index (χ4n) is 2.21. The summed E-state index contributed by atoms with van der Waals surface area (Å²) in [5.74, 6) is 1.19. The lowest BCUT2D eigenvalue weighted by atomic mass is 10.1. The van der Waals surface area contributed by atoms with Crippen LogP contribution in [0.25, 0.3) is 11.3 Å². The van der Waals surface area contributed by atoms with E-state index >= 15 is 0 Å². The number of aryl methyl sites for hydroxylation is 1. The summed E-state index contributed by atoms with van der Waals surface area (Å²) in [6.07, 6.45) is 4.69. The Labute approximate surface area is 94.3 Å². The number of rotatable bonds is 2. The summed E-state index contributed by atoms with van der Waals surface area (Å²) in [6.45, 7) is 4.04. The van der Waals surface area contributed by atoms with Crippen LogP contribution in [0, 0.1) is 0 Å². The van der Waals surface area contributed by atoms with Crippen molar-refractivity contribution < 1.29 is 0 Å². The van der Waals surface area contributed by atoms with Gasteiger partial charge >= 0.3 is 0 Å². The third-order valence-electron chi connectivity index (χ3n) is 2.97. The lowest BCUT2D eigenvalue weighted by molar-refractivity contribution is 0.668. The summed E-state index contributed by atoms with van der Waals surface area (Å²) >= 11 is 0. The van der Waals surface area contributed by atoms with E-state index in [0.717, 1.165) is 30.8 Å². The number of anilines is 1. The highest BCUT2D eigenvalue weighted by molar-refractivity contribution is 5.70. The second-order valence-corrected chi connectivity index (χ2v) is 3.90. The topological polar surface area (TPSA) is 42.7 Å². The van der Waals surface area contributed by atoms with Gasteiger partial charge in [0.05, 0.1) is 5.69 Å². The van der Waals surface area contributed by atoms with E-state index in [1.807, 2.05) is 29.2 Å². The van der Waals surface area contributed by atoms with Crippen LogP contribution in [-0.4, -0.2) is 21.3 Å². The van der Waals surface area contributed by atoms with Crippen molar-refractivity contribution in [1.82, 2.24) is 14.8 Å². The molecule has 0 spiro atoms. The summed E-state index contributed by atoms with van der Waals surface area (Å²) in [5.41, 5.74) is 3.60. The molecule has 0 aromatic carbocycles. The van der Waals surface area contributed by atoms with Crippen LogP contribution in [0.4, 0.5) is 5.82 Å². The zero-order chi connectivity index (χ0) is 11.0. The second kappa shape index (κ2) is 3.63. The van der Waals surface area contributed by atoms with Crippen LogP contribution in [0.1, 0.15) is 12.5 Å². The Bertz CT molecular complexity index is 501. The molecule has 1 aliphatic rings. The summed E-state index contributed by atoms with van der Waals surface area (Å²) in [7, 11) is 0. The maximum Gasteiger partial charge on any atom is 0.128 e. The Hall–Kier alpha value is -1.84. The molecule has 1 aliphatic heterocycles. The monoisotopic (exact) mass is 214 g/mol. The average Bonchev–Trinajstić information content (AvgIpc) is 2.91. The standard InChI is InChI=1S/C12H14N4/c1-2-16-12-10(5-8-14-12)11(15-16)9-3-6-13-7-4-9/h3-4,6-7,14H,2,5,8H2,1H3. The van der Waals surface area contributed by atoms with E-state index in [1.165, 1.54) is 11.4 Å². The van der Waals surface area contributed by atoms with Gasteiger partial charge in [-0.15, -0.1) is 0 Å². The van der Waals surface area contributed by atoms with Gasteiger partial charge in [-0.05, 0) is 25.5 Å². The Kier molecular flexibility index (Phi) is 2.13. The SMILES string of the molecule is CCn1nc(-c2ccncc2)c2c1NCC2. The predicted octanol–water partition coefficient (Wildman–Crippen LogP) is 1.93. The fraction of sp³-hybridized carbons (Fsp3) is 0.333. The van der Waals surface area contributed by atoms with Gasteiger partial charge in [0.15, 0.2) is 0 Å². The fourth-order valence-corrected chi connectivity index (χ4v) is 2.21. The van der Waals surface area contributed by atoms with Gasteiger partial charge in [-0.2, -0.15) is 5.10 Å². The molecule has 3 rings (SSSR count). The normalized spacial score (nSPS) is 13.6. The van der Waals surface area contributed by atoms with E-state index in [1.54, 1.807) is 0 Å². The first kappa shape index (κ1) is 9.39. The van der Waals surface area contributed by atoms with Crippen LogP contribution >= 0.6 is 0 Å². The first-order valence-electron chi connectivity index (χ1n) is 5.64. The minimum Gasteiger partial charge on any atom is -0.370 e. The Morgan fingerprint density at radius 2 is 2.19 bits per heavy atom. The molecule has 0 fully saturated rings. The van der Waals surface area contributed by atoms with E-state index in [0.29, 0.717) is 0 Å². The molecule has 0 unspecified atom stereocenters. The summed E-state index contributed by atoms with van der Waals surface area (Å²) < 4.78 is 2.04. The molecule has 4 heteroatoms. The highest BCUT2D eigenvalue weighted by Crippen LogP contribution is 2.32. The summed E-state index contributed by atoms with van der Waals surface area (Å²) in [4.78, 5) is 4.04. The molecule has 2 aromatic heterocycles. The molecular formula is C12H14N4. The first-order chi connectivity index (χ1) is 7.90. The smallest absolute Gasteiger partial charge is 0.128 e. The van der Waals surface area contributed by atoms with Gasteiger partial charge in [0.2, 0.25) is 0 Å². The van der Waals surface area contributed by atoms with Gasteiger partial charge in [-0.1, -0.05) is 0 Å². The number of hydrogen-bond acceptors (Lipinski definition) is 3. The molecule has 3 heterocycles. The van der Waals surface area contributed by atoms with Gasteiger partial charge in [0, 0.05) is 36.6 Å². The number of nitrogens with one attached hydrogen (secondary N) is 1. The number of aromatic nitrogens is 3. The van der Waals surface area contributed by atoms with Crippen LogP contribution in [-0.2, 0) is 13.0 Å². The Balaban J connectivity index is 2.15. The molecule has 0 aliphatic carbocycles. The van der Waals surface area contributed by atoms with E-state index < -0.39 is 0 Å². The van der Waals surface area contributed by atoms with Crippen molar-refractivity contribution in [3.8, 4) is 11.3 Å². The molecule has 82 valence electrons. The summed E-state index contributed by atoms with van der Waals surface area (Å²) in [6, 6.07) is 4.03. The molecule has 0 saturated carbocycles. The van der Waals surface area contributed by atoms with Crippen molar-refractivity contribution in [3.63, 3.8) is 0 Å². The lowest BCUT2D eigenvalue weighted by Gasteiger charge is -2.01. The number of fused-ring (bicyclic) bond motifs is 1. The lowest BCUT2D eigenvalue weighted by Crippen LogP contribution is -2.04. The molecule has 2 aromatic rings. The van der Waals surface area contributed by atoms with E-state index in [2.05, 4.69) is 22.3 Å². The molecule has 0 amide bonds. The summed E-state index contributed by atoms with van der Waals surface area (Å²) in [5, 5.41) is 8.04. The maximum absolute atomic E-state index is 4.65. The predicted molar refractivity (Wildman–Crippen MR) is 63.3 cm³/mol. The van der Waals surface area contributed by atoms with Crippen LogP contribution in [0.2, 0.25) is 0 Å². The zero-order valence-corrected chi connectivity index (χ0v) is 9.27. The zero-order valence-electron chi connectivity index (χ0n) is 9.27. The number of nitrogens with zero attached hydrogens (tertiary/aromatic N) is 3. The van der Waals surface area contributed by atoms with E-state index in [4.69, 9.17) is 0 Å². The van der Waals surface area contributed by atoms with Crippen molar-refractivity contribution in [1.29, 1.82) is 0 Å². The van der Waals surface area contributed by atoms with Gasteiger partial charge in [-0.25, -0.2) is 4.68 Å². The van der Waals surface area contributed by atoms with Crippen molar-refractivity contribution in [3.05, 3.63) is 30.1 Å². The van der Waals surface area contributed by atoms with Crippen LogP contribution in [0.5, 0.6) is 0 Å². The first-order valence-corrected chi connectivity index (χ1v) is 5.64. The van der Waals surface area contributed by atoms with Gasteiger partial charge in [-0.3, -0.25) is 4.98 Å². The maximum atomic E-state index is 4.65. The van der Waals surface area contributed by atoms with Crippen molar-refractivity contribution in [2.75, 3.05) is 11.9 Å². The third-order valence-corrected chi connectivity index (χ3v) is 2.97. The van der Waals surface area contributed by atoms with Crippen LogP contribution in [0.3, 0.4) is 0 Å². The minimum absolute atomic E-state index is 0.903. The molecule has 1 N–H and O–H groups in total. The van der Waals surface area contributed by atoms with Gasteiger partial charge < -0.3 is 5.32 Å². The van der Waals surface area contributed by atoms with Crippen LogP contribution in [0.15, 0.2) is 24.5 Å². The van der Waals surface area contributed by atoms with E-state index in [9.17, 15) is 0 Å². The number of pyridine rings is 1. The number of hydrogen-bond donors (Lipinski definition) is 1. The molecule has 4 nitrogen and oxygen atoms in total. The molecule has 0 saturated heterocycles. The van der Waals surface area contributed by atoms with Crippen molar-refractivity contribution in [2.24, 2.45) is 0 Å². The molecule has 0 bridgehead atoms. The third kappa shape index (κ3) is 1.30. The van der Waals surface area contributed by atoms with E-state index in [-0.39, 0.29) is 0 Å². The Morgan fingerprint density at radius 1 is 1.38 bits per heavy atom. The molecule has 0 atom stereocenters. The van der Waals surface area contributed by atoms with Gasteiger partial charge in [0.25, 0.3) is 0 Å². The highest BCUT2D eigenvalue weighted by Gasteiger charge is 2.21. The highest BCUT2D eigenvalue weighted by atomic mass is 15.3. The average molecular weight is 214 g/mol. The van der Waals surface area contributed by atoms with Crippen molar-refractivity contribution in [2.45, 2.75) is 19.9 Å². The molecule has 16 heavy (non-hydrogen) atoms. The van der Waals surface area contributed by atoms with Gasteiger partial charge in [0.1, 0.15) is 5.82 Å². The Morgan fingerprint density at radius 3 is 2.94 bits per heavy atom. The van der Waals surface area contributed by atoms with Crippen molar-refractivity contribution >= 4 is 5.82 Å². The minimum atomic E-state index is 0.903. The largest absolute Gasteiger partial charge is 0.370 e. The molecule has 0 radical (unpaired) electrons. The second-order valence-electron chi connectivity index (χ2n) is 3.90. The quantitative estimate of drug-likeness (QED) is 0.830.